The van der Waals surface area contributed by atoms with Crippen LogP contribution in [-0.4, -0.2) is 22.1 Å². The van der Waals surface area contributed by atoms with Gasteiger partial charge in [0.2, 0.25) is 0 Å². The van der Waals surface area contributed by atoms with E-state index < -0.39 is 0 Å². The standard InChI is InChI=1S/C17H25N3/c1-12-6-8-14(9-7-12)16-13(2)19-15(20-16)10-11-18-17(3,4)5/h6-9,18H,10-11H2,1-5H3,(H,19,20). The second-order valence-corrected chi connectivity index (χ2v) is 6.45. The van der Waals surface area contributed by atoms with Crippen LogP contribution in [0.1, 0.15) is 37.9 Å². The molecule has 1 heterocycles. The van der Waals surface area contributed by atoms with Crippen molar-refractivity contribution in [2.75, 3.05) is 6.54 Å². The van der Waals surface area contributed by atoms with Crippen molar-refractivity contribution in [3.8, 4) is 11.3 Å². The second kappa shape index (κ2) is 5.80. The highest BCUT2D eigenvalue weighted by atomic mass is 15.0. The minimum atomic E-state index is 0.154. The summed E-state index contributed by atoms with van der Waals surface area (Å²) in [5.41, 5.74) is 4.81. The SMILES string of the molecule is Cc1ccc(-c2nc(CCNC(C)(C)C)[nH]c2C)cc1. The average molecular weight is 271 g/mol. The van der Waals surface area contributed by atoms with E-state index in [1.165, 1.54) is 11.1 Å². The van der Waals surface area contributed by atoms with Crippen LogP contribution in [0, 0.1) is 13.8 Å². The van der Waals surface area contributed by atoms with E-state index in [4.69, 9.17) is 4.98 Å². The highest BCUT2D eigenvalue weighted by molar-refractivity contribution is 5.62. The van der Waals surface area contributed by atoms with E-state index in [9.17, 15) is 0 Å². The number of nitrogens with one attached hydrogen (secondary N) is 2. The fourth-order valence-electron chi connectivity index (χ4n) is 2.19. The van der Waals surface area contributed by atoms with E-state index in [1.54, 1.807) is 0 Å². The van der Waals surface area contributed by atoms with Crippen molar-refractivity contribution in [1.29, 1.82) is 0 Å². The van der Waals surface area contributed by atoms with Gasteiger partial charge in [-0.25, -0.2) is 4.98 Å². The first-order valence-corrected chi connectivity index (χ1v) is 7.23. The lowest BCUT2D eigenvalue weighted by molar-refractivity contribution is 0.427. The molecule has 3 heteroatoms. The molecular formula is C17H25N3. The van der Waals surface area contributed by atoms with E-state index in [0.29, 0.717) is 0 Å². The molecule has 20 heavy (non-hydrogen) atoms. The number of benzene rings is 1. The molecule has 1 aromatic carbocycles. The van der Waals surface area contributed by atoms with Crippen molar-refractivity contribution in [1.82, 2.24) is 15.3 Å². The van der Waals surface area contributed by atoms with Gasteiger partial charge in [-0.2, -0.15) is 0 Å². The average Bonchev–Trinajstić information content (AvgIpc) is 2.70. The fourth-order valence-corrected chi connectivity index (χ4v) is 2.19. The molecule has 0 bridgehead atoms. The van der Waals surface area contributed by atoms with Crippen molar-refractivity contribution < 1.29 is 0 Å². The van der Waals surface area contributed by atoms with Crippen LogP contribution in [0.5, 0.6) is 0 Å². The van der Waals surface area contributed by atoms with Crippen molar-refractivity contribution in [2.24, 2.45) is 0 Å². The molecule has 0 spiro atoms. The maximum absolute atomic E-state index is 4.73. The number of rotatable bonds is 4. The van der Waals surface area contributed by atoms with E-state index in [2.05, 4.69) is 69.2 Å². The molecule has 0 radical (unpaired) electrons. The Balaban J connectivity index is 2.08. The molecule has 0 fully saturated rings. The third kappa shape index (κ3) is 3.94. The summed E-state index contributed by atoms with van der Waals surface area (Å²) < 4.78 is 0. The largest absolute Gasteiger partial charge is 0.346 e. The van der Waals surface area contributed by atoms with Crippen molar-refractivity contribution in [3.05, 3.63) is 41.3 Å². The van der Waals surface area contributed by atoms with Crippen LogP contribution in [0.4, 0.5) is 0 Å². The Morgan fingerprint density at radius 1 is 1.10 bits per heavy atom. The quantitative estimate of drug-likeness (QED) is 0.891. The fraction of sp³-hybridized carbons (Fsp3) is 0.471. The van der Waals surface area contributed by atoms with Crippen LogP contribution in [0.25, 0.3) is 11.3 Å². The van der Waals surface area contributed by atoms with Crippen molar-refractivity contribution in [3.63, 3.8) is 0 Å². The highest BCUT2D eigenvalue weighted by Gasteiger charge is 2.11. The minimum Gasteiger partial charge on any atom is -0.346 e. The van der Waals surface area contributed by atoms with Crippen LogP contribution in [-0.2, 0) is 6.42 Å². The molecule has 0 aliphatic rings. The molecule has 2 N–H and O–H groups in total. The lowest BCUT2D eigenvalue weighted by Crippen LogP contribution is -2.37. The molecule has 1 aromatic heterocycles. The summed E-state index contributed by atoms with van der Waals surface area (Å²) in [6, 6.07) is 8.53. The van der Waals surface area contributed by atoms with Crippen LogP contribution < -0.4 is 5.32 Å². The van der Waals surface area contributed by atoms with Crippen LogP contribution in [0.2, 0.25) is 0 Å². The Bertz CT molecular complexity index is 559. The summed E-state index contributed by atoms with van der Waals surface area (Å²) >= 11 is 0. The Hall–Kier alpha value is -1.61. The smallest absolute Gasteiger partial charge is 0.108 e. The number of aromatic amines is 1. The van der Waals surface area contributed by atoms with Gasteiger partial charge in [0, 0.05) is 29.8 Å². The second-order valence-electron chi connectivity index (χ2n) is 6.45. The third-order valence-electron chi connectivity index (χ3n) is 3.28. The van der Waals surface area contributed by atoms with E-state index >= 15 is 0 Å². The van der Waals surface area contributed by atoms with Gasteiger partial charge in [-0.15, -0.1) is 0 Å². The molecule has 0 unspecified atom stereocenters. The van der Waals surface area contributed by atoms with Gasteiger partial charge in [0.1, 0.15) is 5.82 Å². The zero-order valence-corrected chi connectivity index (χ0v) is 13.2. The van der Waals surface area contributed by atoms with Crippen LogP contribution >= 0.6 is 0 Å². The predicted octanol–water partition coefficient (Wildman–Crippen LogP) is 3.62. The molecule has 3 nitrogen and oxygen atoms in total. The first-order chi connectivity index (χ1) is 9.35. The Morgan fingerprint density at radius 3 is 2.35 bits per heavy atom. The number of aromatic nitrogens is 2. The maximum atomic E-state index is 4.73. The normalized spacial score (nSPS) is 11.8. The summed E-state index contributed by atoms with van der Waals surface area (Å²) in [6.45, 7) is 11.7. The highest BCUT2D eigenvalue weighted by Crippen LogP contribution is 2.21. The first kappa shape index (κ1) is 14.8. The lowest BCUT2D eigenvalue weighted by atomic mass is 10.1. The summed E-state index contributed by atoms with van der Waals surface area (Å²) in [7, 11) is 0. The van der Waals surface area contributed by atoms with Crippen molar-refractivity contribution >= 4 is 0 Å². The van der Waals surface area contributed by atoms with Gasteiger partial charge >= 0.3 is 0 Å². The summed E-state index contributed by atoms with van der Waals surface area (Å²) in [4.78, 5) is 8.13. The topological polar surface area (TPSA) is 40.7 Å². The van der Waals surface area contributed by atoms with Gasteiger partial charge in [0.25, 0.3) is 0 Å². The molecule has 0 aliphatic carbocycles. The number of hydrogen-bond acceptors (Lipinski definition) is 2. The van der Waals surface area contributed by atoms with Gasteiger partial charge in [0.15, 0.2) is 0 Å². The van der Waals surface area contributed by atoms with Crippen LogP contribution in [0.3, 0.4) is 0 Å². The summed E-state index contributed by atoms with van der Waals surface area (Å²) in [5, 5.41) is 3.49. The zero-order valence-electron chi connectivity index (χ0n) is 13.2. The number of aryl methyl sites for hydroxylation is 2. The van der Waals surface area contributed by atoms with Gasteiger partial charge in [-0.1, -0.05) is 29.8 Å². The monoisotopic (exact) mass is 271 g/mol. The molecule has 2 aromatic rings. The summed E-state index contributed by atoms with van der Waals surface area (Å²) in [6.07, 6.45) is 0.921. The Morgan fingerprint density at radius 2 is 1.75 bits per heavy atom. The number of H-pyrrole nitrogens is 1. The maximum Gasteiger partial charge on any atom is 0.108 e. The Kier molecular flexibility index (Phi) is 4.29. The molecule has 2 rings (SSSR count). The molecule has 0 saturated heterocycles. The van der Waals surface area contributed by atoms with E-state index in [-0.39, 0.29) is 5.54 Å². The molecule has 0 amide bonds. The summed E-state index contributed by atoms with van der Waals surface area (Å²) in [5.74, 6) is 1.05. The molecule has 108 valence electrons. The van der Waals surface area contributed by atoms with Crippen molar-refractivity contribution in [2.45, 2.75) is 46.6 Å². The number of nitrogens with zero attached hydrogens (tertiary/aromatic N) is 1. The van der Waals surface area contributed by atoms with Gasteiger partial charge in [0.05, 0.1) is 5.69 Å². The first-order valence-electron chi connectivity index (χ1n) is 7.23. The minimum absolute atomic E-state index is 0.154. The zero-order chi connectivity index (χ0) is 14.8. The molecule has 0 aliphatic heterocycles. The van der Waals surface area contributed by atoms with Gasteiger partial charge < -0.3 is 10.3 Å². The lowest BCUT2D eigenvalue weighted by Gasteiger charge is -2.19. The number of imidazole rings is 1. The molecular weight excluding hydrogens is 246 g/mol. The van der Waals surface area contributed by atoms with Crippen LogP contribution in [0.15, 0.2) is 24.3 Å². The molecule has 0 atom stereocenters. The van der Waals surface area contributed by atoms with E-state index in [0.717, 1.165) is 30.2 Å². The predicted molar refractivity (Wildman–Crippen MR) is 85.0 cm³/mol. The molecule has 0 saturated carbocycles. The Labute approximate surface area is 121 Å². The third-order valence-corrected chi connectivity index (χ3v) is 3.28. The number of hydrogen-bond donors (Lipinski definition) is 2. The van der Waals surface area contributed by atoms with E-state index in [1.807, 2.05) is 0 Å². The van der Waals surface area contributed by atoms with Gasteiger partial charge in [-0.05, 0) is 34.6 Å². The van der Waals surface area contributed by atoms with Gasteiger partial charge in [-0.3, -0.25) is 0 Å².